The lowest BCUT2D eigenvalue weighted by molar-refractivity contribution is 0.0982. The van der Waals surface area contributed by atoms with Gasteiger partial charge in [0.25, 0.3) is 17.4 Å². The van der Waals surface area contributed by atoms with Crippen LogP contribution in [0.2, 0.25) is 0 Å². The molecule has 0 fully saturated rings. The zero-order chi connectivity index (χ0) is 26.2. The maximum Gasteiger partial charge on any atom is 0.330 e. The highest BCUT2D eigenvalue weighted by molar-refractivity contribution is 6.08. The number of nitrogens with one attached hydrogen (secondary N) is 2. The van der Waals surface area contributed by atoms with Crippen LogP contribution in [-0.4, -0.2) is 41.6 Å². The largest absolute Gasteiger partial charge is 0.385 e. The van der Waals surface area contributed by atoms with Crippen LogP contribution in [0, 0.1) is 5.92 Å². The Morgan fingerprint density at radius 2 is 1.72 bits per heavy atom. The van der Waals surface area contributed by atoms with E-state index >= 15 is 0 Å². The van der Waals surface area contributed by atoms with E-state index in [1.165, 1.54) is 9.47 Å². The first-order valence-corrected chi connectivity index (χ1v) is 11.6. The number of aromatic nitrogens is 2. The molecular formula is C26H31N5O5. The van der Waals surface area contributed by atoms with Gasteiger partial charge in [-0.25, -0.2) is 4.79 Å². The molecule has 36 heavy (non-hydrogen) atoms. The fourth-order valence-electron chi connectivity index (χ4n) is 3.71. The second kappa shape index (κ2) is 12.0. The van der Waals surface area contributed by atoms with E-state index in [0.29, 0.717) is 24.3 Å². The minimum Gasteiger partial charge on any atom is -0.385 e. The van der Waals surface area contributed by atoms with E-state index in [0.717, 1.165) is 0 Å². The van der Waals surface area contributed by atoms with E-state index in [1.807, 2.05) is 19.9 Å². The maximum absolute atomic E-state index is 13.5. The fraction of sp³-hybridized carbons (Fsp3) is 0.308. The number of methoxy groups -OCH3 is 1. The molecule has 0 aliphatic heterocycles. The van der Waals surface area contributed by atoms with Crippen LogP contribution < -0.4 is 27.2 Å². The molecule has 0 aliphatic carbocycles. The lowest BCUT2D eigenvalue weighted by atomic mass is 10.1. The molecule has 10 nitrogen and oxygen atoms in total. The Balaban J connectivity index is 1.92. The van der Waals surface area contributed by atoms with Crippen molar-refractivity contribution < 1.29 is 14.3 Å². The molecule has 0 saturated carbocycles. The number of rotatable bonds is 10. The molecule has 10 heteroatoms. The smallest absolute Gasteiger partial charge is 0.330 e. The van der Waals surface area contributed by atoms with Crippen molar-refractivity contribution in [1.82, 2.24) is 9.55 Å². The van der Waals surface area contributed by atoms with E-state index in [9.17, 15) is 19.2 Å². The van der Waals surface area contributed by atoms with Crippen LogP contribution in [0.15, 0.2) is 64.2 Å². The van der Waals surface area contributed by atoms with Gasteiger partial charge < -0.3 is 20.7 Å². The Morgan fingerprint density at radius 1 is 1.06 bits per heavy atom. The molecule has 2 aromatic carbocycles. The van der Waals surface area contributed by atoms with Crippen LogP contribution >= 0.6 is 0 Å². The van der Waals surface area contributed by atoms with E-state index in [4.69, 9.17) is 10.5 Å². The van der Waals surface area contributed by atoms with Crippen LogP contribution in [0.5, 0.6) is 0 Å². The van der Waals surface area contributed by atoms with Gasteiger partial charge >= 0.3 is 5.69 Å². The topological polar surface area (TPSA) is 140 Å². The first-order chi connectivity index (χ1) is 17.2. The molecule has 0 saturated heterocycles. The van der Waals surface area contributed by atoms with Crippen LogP contribution in [0.3, 0.4) is 0 Å². The first kappa shape index (κ1) is 26.4. The molecular weight excluding hydrogens is 462 g/mol. The van der Waals surface area contributed by atoms with Crippen molar-refractivity contribution >= 4 is 29.0 Å². The van der Waals surface area contributed by atoms with Crippen molar-refractivity contribution in [3.63, 3.8) is 0 Å². The Morgan fingerprint density at radius 3 is 2.33 bits per heavy atom. The summed E-state index contributed by atoms with van der Waals surface area (Å²) < 4.78 is 6.37. The molecule has 4 N–H and O–H groups in total. The third-order valence-corrected chi connectivity index (χ3v) is 5.43. The standard InChI is InChI=1S/C26H31N5O5/c1-17(2)16-31-22(27)21(24(33)29-26(31)35)30(14-7-15-36-3)25(34)19-10-12-20(13-11-19)28-23(32)18-8-5-4-6-9-18/h4-6,8-13,17H,7,14-16,27H2,1-3H3,(H,28,32)(H,29,33,35). The summed E-state index contributed by atoms with van der Waals surface area (Å²) in [7, 11) is 1.54. The lowest BCUT2D eigenvalue weighted by Crippen LogP contribution is -2.42. The van der Waals surface area contributed by atoms with E-state index in [-0.39, 0.29) is 42.0 Å². The molecule has 0 spiro atoms. The van der Waals surface area contributed by atoms with Crippen LogP contribution in [0.4, 0.5) is 17.2 Å². The van der Waals surface area contributed by atoms with Gasteiger partial charge in [0, 0.05) is 43.6 Å². The van der Waals surface area contributed by atoms with Crippen molar-refractivity contribution in [2.75, 3.05) is 36.2 Å². The fourth-order valence-corrected chi connectivity index (χ4v) is 3.71. The summed E-state index contributed by atoms with van der Waals surface area (Å²) >= 11 is 0. The number of carbonyl (C=O) groups is 2. The summed E-state index contributed by atoms with van der Waals surface area (Å²) in [5.74, 6) is -0.739. The Bertz CT molecular complexity index is 1310. The highest BCUT2D eigenvalue weighted by Gasteiger charge is 2.25. The number of anilines is 3. The molecule has 0 atom stereocenters. The number of amides is 2. The minimum absolute atomic E-state index is 0.0741. The number of carbonyl (C=O) groups excluding carboxylic acids is 2. The number of ether oxygens (including phenoxy) is 1. The number of hydrogen-bond donors (Lipinski definition) is 3. The van der Waals surface area contributed by atoms with Gasteiger partial charge in [0.2, 0.25) is 0 Å². The van der Waals surface area contributed by atoms with Gasteiger partial charge in [-0.2, -0.15) is 0 Å². The summed E-state index contributed by atoms with van der Waals surface area (Å²) in [4.78, 5) is 54.6. The number of hydrogen-bond acceptors (Lipinski definition) is 6. The SMILES string of the molecule is COCCCN(C(=O)c1ccc(NC(=O)c2ccccc2)cc1)c1c(N)n(CC(C)C)c(=O)[nH]c1=O. The lowest BCUT2D eigenvalue weighted by Gasteiger charge is -2.25. The van der Waals surface area contributed by atoms with Gasteiger partial charge in [0.15, 0.2) is 5.69 Å². The number of benzene rings is 2. The molecule has 190 valence electrons. The van der Waals surface area contributed by atoms with Gasteiger partial charge in [-0.1, -0.05) is 32.0 Å². The van der Waals surface area contributed by atoms with Crippen LogP contribution in [0.25, 0.3) is 0 Å². The molecule has 1 heterocycles. The molecule has 1 aromatic heterocycles. The number of H-pyrrole nitrogens is 1. The van der Waals surface area contributed by atoms with Gasteiger partial charge in [-0.15, -0.1) is 0 Å². The summed E-state index contributed by atoms with van der Waals surface area (Å²) in [5.41, 5.74) is 6.10. The second-order valence-corrected chi connectivity index (χ2v) is 8.70. The Labute approximate surface area is 208 Å². The Hall–Kier alpha value is -4.18. The number of aromatic amines is 1. The quantitative estimate of drug-likeness (QED) is 0.371. The number of nitrogens with two attached hydrogens (primary N) is 1. The van der Waals surface area contributed by atoms with Crippen LogP contribution in [0.1, 0.15) is 41.0 Å². The molecule has 2 amide bonds. The summed E-state index contributed by atoms with van der Waals surface area (Å²) in [6, 6.07) is 15.1. The molecule has 0 bridgehead atoms. The summed E-state index contributed by atoms with van der Waals surface area (Å²) in [5, 5.41) is 2.78. The van der Waals surface area contributed by atoms with E-state index < -0.39 is 17.2 Å². The highest BCUT2D eigenvalue weighted by Crippen LogP contribution is 2.21. The zero-order valence-electron chi connectivity index (χ0n) is 20.6. The summed E-state index contributed by atoms with van der Waals surface area (Å²) in [6.45, 7) is 4.61. The van der Waals surface area contributed by atoms with Gasteiger partial charge in [0.05, 0.1) is 0 Å². The molecule has 3 rings (SSSR count). The normalized spacial score (nSPS) is 10.9. The van der Waals surface area contributed by atoms with Gasteiger partial charge in [-0.05, 0) is 48.7 Å². The highest BCUT2D eigenvalue weighted by atomic mass is 16.5. The molecule has 3 aromatic rings. The summed E-state index contributed by atoms with van der Waals surface area (Å²) in [6.07, 6.45) is 0.440. The van der Waals surface area contributed by atoms with Gasteiger partial charge in [0.1, 0.15) is 5.82 Å². The number of nitrogen functional groups attached to an aromatic ring is 1. The van der Waals surface area contributed by atoms with E-state index in [1.54, 1.807) is 55.6 Å². The molecule has 0 radical (unpaired) electrons. The molecule has 0 unspecified atom stereocenters. The average molecular weight is 494 g/mol. The van der Waals surface area contributed by atoms with Crippen molar-refractivity contribution in [1.29, 1.82) is 0 Å². The third-order valence-electron chi connectivity index (χ3n) is 5.43. The predicted octanol–water partition coefficient (Wildman–Crippen LogP) is 2.71. The predicted molar refractivity (Wildman–Crippen MR) is 140 cm³/mol. The van der Waals surface area contributed by atoms with Gasteiger partial charge in [-0.3, -0.25) is 23.9 Å². The third kappa shape index (κ3) is 6.28. The van der Waals surface area contributed by atoms with Crippen LogP contribution in [-0.2, 0) is 11.3 Å². The monoisotopic (exact) mass is 493 g/mol. The molecule has 0 aliphatic rings. The minimum atomic E-state index is -0.741. The maximum atomic E-state index is 13.5. The van der Waals surface area contributed by atoms with Crippen molar-refractivity contribution in [3.05, 3.63) is 86.6 Å². The Kier molecular flexibility index (Phi) is 8.80. The number of nitrogens with zero attached hydrogens (tertiary/aromatic N) is 2. The zero-order valence-corrected chi connectivity index (χ0v) is 20.6. The van der Waals surface area contributed by atoms with Crippen molar-refractivity contribution in [2.24, 2.45) is 5.92 Å². The van der Waals surface area contributed by atoms with Crippen molar-refractivity contribution in [2.45, 2.75) is 26.8 Å². The van der Waals surface area contributed by atoms with Crippen molar-refractivity contribution in [3.8, 4) is 0 Å². The average Bonchev–Trinajstić information content (AvgIpc) is 2.86. The van der Waals surface area contributed by atoms with E-state index in [2.05, 4.69) is 10.3 Å². The second-order valence-electron chi connectivity index (χ2n) is 8.70. The first-order valence-electron chi connectivity index (χ1n) is 11.6.